The molecule has 1 aliphatic heterocycles. The molecule has 1 atom stereocenters. The van der Waals surface area contributed by atoms with Crippen LogP contribution in [0.2, 0.25) is 0 Å². The Morgan fingerprint density at radius 3 is 2.50 bits per heavy atom. The van der Waals surface area contributed by atoms with Crippen molar-refractivity contribution in [2.24, 2.45) is 5.92 Å². The van der Waals surface area contributed by atoms with Crippen molar-refractivity contribution in [2.75, 3.05) is 26.2 Å². The average Bonchev–Trinajstić information content (AvgIpc) is 2.33. The van der Waals surface area contributed by atoms with Crippen molar-refractivity contribution in [3.8, 4) is 0 Å². The van der Waals surface area contributed by atoms with E-state index in [0.717, 1.165) is 31.8 Å². The topological polar surface area (TPSA) is 44.3 Å². The van der Waals surface area contributed by atoms with Crippen LogP contribution >= 0.6 is 12.4 Å². The maximum atomic E-state index is 9.43. The van der Waals surface area contributed by atoms with Crippen molar-refractivity contribution >= 4 is 12.4 Å². The van der Waals surface area contributed by atoms with Crippen LogP contribution < -0.4 is 10.6 Å². The van der Waals surface area contributed by atoms with Crippen molar-refractivity contribution in [2.45, 2.75) is 45.1 Å². The van der Waals surface area contributed by atoms with Gasteiger partial charge in [0.1, 0.15) is 0 Å². The number of halogens is 1. The van der Waals surface area contributed by atoms with Gasteiger partial charge in [-0.2, -0.15) is 0 Å². The summed E-state index contributed by atoms with van der Waals surface area (Å²) in [6.45, 7) is 7.87. The van der Waals surface area contributed by atoms with E-state index in [1.54, 1.807) is 0 Å². The van der Waals surface area contributed by atoms with E-state index in [0.29, 0.717) is 0 Å². The van der Waals surface area contributed by atoms with Gasteiger partial charge in [-0.25, -0.2) is 0 Å². The Morgan fingerprint density at radius 1 is 1.38 bits per heavy atom. The first-order valence-corrected chi connectivity index (χ1v) is 6.33. The molecule has 0 radical (unpaired) electrons. The Labute approximate surface area is 106 Å². The first-order chi connectivity index (χ1) is 7.26. The number of nitrogens with one attached hydrogen (secondary N) is 2. The predicted octanol–water partition coefficient (Wildman–Crippen LogP) is 1.55. The van der Waals surface area contributed by atoms with Gasteiger partial charge in [0.2, 0.25) is 0 Å². The minimum absolute atomic E-state index is 0. The SMILES string of the molecule is CCC(CC)(CO)NCC1CCCNC1.Cl. The lowest BCUT2D eigenvalue weighted by atomic mass is 9.91. The van der Waals surface area contributed by atoms with Crippen molar-refractivity contribution in [1.82, 2.24) is 10.6 Å². The minimum Gasteiger partial charge on any atom is -0.394 e. The van der Waals surface area contributed by atoms with Gasteiger partial charge in [0.05, 0.1) is 6.61 Å². The third kappa shape index (κ3) is 4.58. The van der Waals surface area contributed by atoms with Gasteiger partial charge in [0.25, 0.3) is 0 Å². The highest BCUT2D eigenvalue weighted by Gasteiger charge is 2.25. The van der Waals surface area contributed by atoms with E-state index in [2.05, 4.69) is 24.5 Å². The Kier molecular flexibility index (Phi) is 8.38. The van der Waals surface area contributed by atoms with Gasteiger partial charge in [0, 0.05) is 5.54 Å². The molecule has 0 amide bonds. The van der Waals surface area contributed by atoms with E-state index in [1.165, 1.54) is 19.4 Å². The third-order valence-corrected chi connectivity index (χ3v) is 3.82. The van der Waals surface area contributed by atoms with E-state index in [1.807, 2.05) is 0 Å². The van der Waals surface area contributed by atoms with Gasteiger partial charge in [-0.15, -0.1) is 12.4 Å². The molecule has 0 aromatic carbocycles. The molecule has 0 spiro atoms. The number of hydrogen-bond donors (Lipinski definition) is 3. The summed E-state index contributed by atoms with van der Waals surface area (Å²) in [6.07, 6.45) is 4.60. The van der Waals surface area contributed by atoms with Gasteiger partial charge in [-0.3, -0.25) is 0 Å². The Balaban J connectivity index is 0.00000225. The van der Waals surface area contributed by atoms with Gasteiger partial charge in [0.15, 0.2) is 0 Å². The van der Waals surface area contributed by atoms with Crippen LogP contribution in [0, 0.1) is 5.92 Å². The molecule has 1 unspecified atom stereocenters. The Bertz CT molecular complexity index is 160. The van der Waals surface area contributed by atoms with Crippen LogP contribution in [0.15, 0.2) is 0 Å². The average molecular weight is 251 g/mol. The lowest BCUT2D eigenvalue weighted by Gasteiger charge is -2.34. The second-order valence-electron chi connectivity index (χ2n) is 4.74. The molecule has 16 heavy (non-hydrogen) atoms. The summed E-state index contributed by atoms with van der Waals surface area (Å²) in [5.41, 5.74) is -0.0442. The second-order valence-corrected chi connectivity index (χ2v) is 4.74. The molecule has 0 saturated carbocycles. The summed E-state index contributed by atoms with van der Waals surface area (Å²) < 4.78 is 0. The van der Waals surface area contributed by atoms with Crippen molar-refractivity contribution in [1.29, 1.82) is 0 Å². The number of aliphatic hydroxyl groups excluding tert-OH is 1. The van der Waals surface area contributed by atoms with Crippen LogP contribution in [0.25, 0.3) is 0 Å². The van der Waals surface area contributed by atoms with Crippen LogP contribution in [-0.2, 0) is 0 Å². The molecular weight excluding hydrogens is 224 g/mol. The molecule has 3 N–H and O–H groups in total. The number of hydrogen-bond acceptors (Lipinski definition) is 3. The van der Waals surface area contributed by atoms with Crippen molar-refractivity contribution < 1.29 is 5.11 Å². The molecular formula is C12H27ClN2O. The zero-order valence-corrected chi connectivity index (χ0v) is 11.4. The largest absolute Gasteiger partial charge is 0.394 e. The van der Waals surface area contributed by atoms with E-state index < -0.39 is 0 Å². The van der Waals surface area contributed by atoms with E-state index >= 15 is 0 Å². The van der Waals surface area contributed by atoms with Gasteiger partial charge in [-0.05, 0) is 51.2 Å². The first-order valence-electron chi connectivity index (χ1n) is 6.33. The fourth-order valence-electron chi connectivity index (χ4n) is 2.24. The van der Waals surface area contributed by atoms with E-state index in [-0.39, 0.29) is 24.6 Å². The monoisotopic (exact) mass is 250 g/mol. The number of aliphatic hydroxyl groups is 1. The van der Waals surface area contributed by atoms with Gasteiger partial charge < -0.3 is 15.7 Å². The molecule has 0 aliphatic carbocycles. The maximum Gasteiger partial charge on any atom is 0.0613 e. The van der Waals surface area contributed by atoms with E-state index in [9.17, 15) is 5.11 Å². The van der Waals surface area contributed by atoms with Crippen molar-refractivity contribution in [3.63, 3.8) is 0 Å². The van der Waals surface area contributed by atoms with E-state index in [4.69, 9.17) is 0 Å². The summed E-state index contributed by atoms with van der Waals surface area (Å²) in [5.74, 6) is 0.739. The smallest absolute Gasteiger partial charge is 0.0613 e. The third-order valence-electron chi connectivity index (χ3n) is 3.82. The van der Waals surface area contributed by atoms with Gasteiger partial charge in [-0.1, -0.05) is 13.8 Å². The highest BCUT2D eigenvalue weighted by molar-refractivity contribution is 5.85. The lowest BCUT2D eigenvalue weighted by molar-refractivity contribution is 0.143. The molecule has 1 aliphatic rings. The molecule has 98 valence electrons. The fourth-order valence-corrected chi connectivity index (χ4v) is 2.24. The fraction of sp³-hybridized carbons (Fsp3) is 1.00. The molecule has 1 heterocycles. The minimum atomic E-state index is -0.0442. The van der Waals surface area contributed by atoms with Gasteiger partial charge >= 0.3 is 0 Å². The molecule has 0 aromatic rings. The molecule has 3 nitrogen and oxygen atoms in total. The summed E-state index contributed by atoms with van der Waals surface area (Å²) in [7, 11) is 0. The first kappa shape index (κ1) is 16.2. The van der Waals surface area contributed by atoms with Crippen molar-refractivity contribution in [3.05, 3.63) is 0 Å². The molecule has 1 fully saturated rings. The second kappa shape index (κ2) is 8.29. The molecule has 0 bridgehead atoms. The van der Waals surface area contributed by atoms with Crippen LogP contribution in [0.1, 0.15) is 39.5 Å². The number of piperidine rings is 1. The normalized spacial score (nSPS) is 21.6. The van der Waals surface area contributed by atoms with Crippen LogP contribution in [0.4, 0.5) is 0 Å². The zero-order valence-electron chi connectivity index (χ0n) is 10.6. The molecule has 0 aromatic heterocycles. The number of rotatable bonds is 6. The Hall–Kier alpha value is 0.170. The summed E-state index contributed by atoms with van der Waals surface area (Å²) in [6, 6.07) is 0. The van der Waals surface area contributed by atoms with Crippen LogP contribution in [0.5, 0.6) is 0 Å². The van der Waals surface area contributed by atoms with Crippen LogP contribution in [0.3, 0.4) is 0 Å². The van der Waals surface area contributed by atoms with Crippen LogP contribution in [-0.4, -0.2) is 36.9 Å². The zero-order chi connectivity index (χ0) is 11.1. The summed E-state index contributed by atoms with van der Waals surface area (Å²) >= 11 is 0. The lowest BCUT2D eigenvalue weighted by Crippen LogP contribution is -2.50. The highest BCUT2D eigenvalue weighted by atomic mass is 35.5. The highest BCUT2D eigenvalue weighted by Crippen LogP contribution is 2.16. The molecule has 4 heteroatoms. The molecule has 1 rings (SSSR count). The Morgan fingerprint density at radius 2 is 2.06 bits per heavy atom. The molecule has 1 saturated heterocycles. The summed E-state index contributed by atoms with van der Waals surface area (Å²) in [4.78, 5) is 0. The maximum absolute atomic E-state index is 9.43. The quantitative estimate of drug-likeness (QED) is 0.670. The summed E-state index contributed by atoms with van der Waals surface area (Å²) in [5, 5.41) is 16.4. The standard InChI is InChI=1S/C12H26N2O.ClH/c1-3-12(4-2,10-15)14-9-11-6-5-7-13-8-11;/h11,13-15H,3-10H2,1-2H3;1H. The predicted molar refractivity (Wildman–Crippen MR) is 71.2 cm³/mol.